The highest BCUT2D eigenvalue weighted by Gasteiger charge is 2.70. The number of rotatable bonds is 7. The topological polar surface area (TPSA) is 77.8 Å². The molecule has 1 aromatic rings. The average molecular weight is 660 g/mol. The van der Waals surface area contributed by atoms with Gasteiger partial charge in [-0.05, 0) is 121 Å². The van der Waals surface area contributed by atoms with E-state index in [0.717, 1.165) is 47.9 Å². The second-order valence-corrected chi connectivity index (χ2v) is 17.1. The first-order valence-electron chi connectivity index (χ1n) is 16.0. The lowest BCUT2D eigenvalue weighted by Gasteiger charge is -2.69. The molecule has 5 rings (SSSR count). The Kier molecular flexibility index (Phi) is 9.25. The number of allylic oxidation sites excluding steroid dienone is 2. The standard InChI is InChI=1S/C36H51BrO4S/c1-21(2)27(37)13-12-24(33(40)41)31-26-18-29(39)32-34(4)16-15-28(38)22(3)25(34)14-17-35(32,5)36(26,6)19-30(31)42-20-23-10-8-7-9-11-23/h7-11,22,25-26,28-30,32,38-39H,12-20H2,1-6H3,(H,40,41)/b31-24-/t22-,25?,26?,28+,29+,30-,32-,34-,35-,36-/m0/s1. The molecule has 0 aliphatic heterocycles. The molecule has 42 heavy (non-hydrogen) atoms. The number of carboxylic acids is 1. The number of carbonyl (C=O) groups is 1. The molecule has 2 unspecified atom stereocenters. The molecular formula is C36H51BrO4S. The Morgan fingerprint density at radius 1 is 1.00 bits per heavy atom. The third kappa shape index (κ3) is 5.28. The highest BCUT2D eigenvalue weighted by Crippen LogP contribution is 2.75. The number of carboxylic acid groups (broad SMARTS) is 1. The second kappa shape index (κ2) is 12.0. The number of benzene rings is 1. The average Bonchev–Trinajstić information content (AvgIpc) is 3.22. The lowest BCUT2D eigenvalue weighted by Crippen LogP contribution is -2.65. The first-order chi connectivity index (χ1) is 19.7. The van der Waals surface area contributed by atoms with Gasteiger partial charge in [0.05, 0.1) is 12.2 Å². The van der Waals surface area contributed by atoms with Gasteiger partial charge < -0.3 is 15.3 Å². The zero-order valence-corrected chi connectivity index (χ0v) is 28.7. The number of halogens is 1. The minimum absolute atomic E-state index is 0.0257. The second-order valence-electron chi connectivity index (χ2n) is 14.9. The Morgan fingerprint density at radius 2 is 1.69 bits per heavy atom. The number of aliphatic carboxylic acids is 1. The molecule has 0 saturated heterocycles. The maximum absolute atomic E-state index is 13.0. The summed E-state index contributed by atoms with van der Waals surface area (Å²) < 4.78 is 1.08. The van der Waals surface area contributed by atoms with Crippen LogP contribution in [0.2, 0.25) is 0 Å². The summed E-state index contributed by atoms with van der Waals surface area (Å²) in [5.41, 5.74) is 3.86. The summed E-state index contributed by atoms with van der Waals surface area (Å²) >= 11 is 5.59. The SMILES string of the molecule is CC(C)=C(Br)CC/C(C(=O)O)=C1\C2C[C@@H](O)[C@H]3[C@@]4(C)CC[C@@H](O)[C@@H](C)C4CC[C@]3(C)[C@@]2(C)C[C@@H]1SCc1ccccc1. The number of aliphatic hydroxyl groups is 2. The van der Waals surface area contributed by atoms with Crippen molar-refractivity contribution in [3.8, 4) is 0 Å². The summed E-state index contributed by atoms with van der Waals surface area (Å²) in [6.45, 7) is 13.6. The highest BCUT2D eigenvalue weighted by atomic mass is 79.9. The normalized spacial score (nSPS) is 42.3. The molecule has 3 N–H and O–H groups in total. The zero-order chi connectivity index (χ0) is 30.6. The quantitative estimate of drug-likeness (QED) is 0.255. The van der Waals surface area contributed by atoms with Gasteiger partial charge in [0.25, 0.3) is 0 Å². The molecule has 0 radical (unpaired) electrons. The largest absolute Gasteiger partial charge is 0.478 e. The summed E-state index contributed by atoms with van der Waals surface area (Å²) in [5, 5.41) is 33.7. The minimum atomic E-state index is -0.804. The molecule has 0 heterocycles. The number of hydrogen-bond acceptors (Lipinski definition) is 4. The van der Waals surface area contributed by atoms with Crippen molar-refractivity contribution >= 4 is 33.7 Å². The Balaban J connectivity index is 1.58. The van der Waals surface area contributed by atoms with E-state index in [9.17, 15) is 20.1 Å². The lowest BCUT2D eigenvalue weighted by molar-refractivity contribution is -0.233. The molecule has 4 aliphatic carbocycles. The van der Waals surface area contributed by atoms with Crippen molar-refractivity contribution in [2.24, 2.45) is 39.9 Å². The zero-order valence-electron chi connectivity index (χ0n) is 26.3. The minimum Gasteiger partial charge on any atom is -0.478 e. The van der Waals surface area contributed by atoms with Crippen molar-refractivity contribution < 1.29 is 20.1 Å². The van der Waals surface area contributed by atoms with Crippen molar-refractivity contribution in [2.75, 3.05) is 0 Å². The fourth-order valence-corrected chi connectivity index (χ4v) is 12.1. The van der Waals surface area contributed by atoms with E-state index >= 15 is 0 Å². The van der Waals surface area contributed by atoms with Gasteiger partial charge in [-0.1, -0.05) is 79.5 Å². The first-order valence-corrected chi connectivity index (χ1v) is 17.9. The molecule has 232 valence electrons. The summed E-state index contributed by atoms with van der Waals surface area (Å²) in [7, 11) is 0. The van der Waals surface area contributed by atoms with Crippen LogP contribution in [0.5, 0.6) is 0 Å². The van der Waals surface area contributed by atoms with Crippen LogP contribution >= 0.6 is 27.7 Å². The third-order valence-corrected chi connectivity index (χ3v) is 15.3. The first kappa shape index (κ1) is 32.3. The van der Waals surface area contributed by atoms with E-state index in [1.807, 2.05) is 17.8 Å². The highest BCUT2D eigenvalue weighted by molar-refractivity contribution is 9.11. The van der Waals surface area contributed by atoms with Crippen LogP contribution in [-0.4, -0.2) is 38.7 Å². The van der Waals surface area contributed by atoms with Gasteiger partial charge >= 0.3 is 5.97 Å². The molecule has 0 spiro atoms. The molecule has 4 saturated carbocycles. The van der Waals surface area contributed by atoms with E-state index < -0.39 is 12.1 Å². The van der Waals surface area contributed by atoms with Gasteiger partial charge in [-0.15, -0.1) is 11.8 Å². The van der Waals surface area contributed by atoms with Crippen molar-refractivity contribution in [1.82, 2.24) is 0 Å². The number of thioether (sulfide) groups is 1. The lowest BCUT2D eigenvalue weighted by atomic mass is 9.36. The van der Waals surface area contributed by atoms with E-state index in [-0.39, 0.29) is 45.4 Å². The van der Waals surface area contributed by atoms with Crippen molar-refractivity contribution in [3.63, 3.8) is 0 Å². The van der Waals surface area contributed by atoms with Crippen LogP contribution in [-0.2, 0) is 10.5 Å². The molecular weight excluding hydrogens is 608 g/mol. The van der Waals surface area contributed by atoms with Crippen molar-refractivity contribution in [1.29, 1.82) is 0 Å². The van der Waals surface area contributed by atoms with Crippen LogP contribution in [0.1, 0.15) is 98.5 Å². The van der Waals surface area contributed by atoms with Gasteiger partial charge in [-0.3, -0.25) is 0 Å². The fourth-order valence-electron chi connectivity index (χ4n) is 10.4. The molecule has 10 atom stereocenters. The monoisotopic (exact) mass is 658 g/mol. The van der Waals surface area contributed by atoms with Gasteiger partial charge in [-0.25, -0.2) is 4.79 Å². The van der Waals surface area contributed by atoms with Gasteiger partial charge in [0.15, 0.2) is 0 Å². The summed E-state index contributed by atoms with van der Waals surface area (Å²) in [6.07, 6.45) is 5.87. The smallest absolute Gasteiger partial charge is 0.331 e. The Labute approximate surface area is 266 Å². The van der Waals surface area contributed by atoms with E-state index in [4.69, 9.17) is 0 Å². The van der Waals surface area contributed by atoms with Gasteiger partial charge in [0, 0.05) is 16.6 Å². The third-order valence-electron chi connectivity index (χ3n) is 12.7. The molecule has 4 fully saturated rings. The number of hydrogen-bond donors (Lipinski definition) is 3. The maximum Gasteiger partial charge on any atom is 0.331 e. The predicted molar refractivity (Wildman–Crippen MR) is 176 cm³/mol. The fraction of sp³-hybridized carbons (Fsp3) is 0.694. The van der Waals surface area contributed by atoms with Crippen LogP contribution in [0.4, 0.5) is 0 Å². The van der Waals surface area contributed by atoms with Crippen LogP contribution in [0, 0.1) is 39.9 Å². The molecule has 6 heteroatoms. The summed E-state index contributed by atoms with van der Waals surface area (Å²) in [4.78, 5) is 13.0. The Morgan fingerprint density at radius 3 is 2.33 bits per heavy atom. The molecule has 4 nitrogen and oxygen atoms in total. The summed E-state index contributed by atoms with van der Waals surface area (Å²) in [6, 6.07) is 10.5. The van der Waals surface area contributed by atoms with E-state index in [2.05, 4.69) is 81.7 Å². The molecule has 0 amide bonds. The molecule has 0 aromatic heterocycles. The Bertz CT molecular complexity index is 1240. The predicted octanol–water partition coefficient (Wildman–Crippen LogP) is 8.76. The molecule has 0 bridgehead atoms. The van der Waals surface area contributed by atoms with E-state index in [0.29, 0.717) is 30.8 Å². The van der Waals surface area contributed by atoms with Crippen LogP contribution < -0.4 is 0 Å². The van der Waals surface area contributed by atoms with E-state index in [1.165, 1.54) is 11.1 Å². The van der Waals surface area contributed by atoms with Crippen LogP contribution in [0.3, 0.4) is 0 Å². The summed E-state index contributed by atoms with van der Waals surface area (Å²) in [5.74, 6) is 0.884. The number of aliphatic hydroxyl groups excluding tert-OH is 2. The molecule has 4 aliphatic rings. The van der Waals surface area contributed by atoms with Crippen LogP contribution in [0.25, 0.3) is 0 Å². The van der Waals surface area contributed by atoms with Crippen molar-refractivity contribution in [2.45, 2.75) is 116 Å². The van der Waals surface area contributed by atoms with Gasteiger partial charge in [0.2, 0.25) is 0 Å². The van der Waals surface area contributed by atoms with Crippen LogP contribution in [0.15, 0.2) is 51.5 Å². The number of fused-ring (bicyclic) bond motifs is 5. The Hall–Kier alpha value is -1.08. The maximum atomic E-state index is 13.0. The van der Waals surface area contributed by atoms with Crippen molar-refractivity contribution in [3.05, 3.63) is 57.1 Å². The van der Waals surface area contributed by atoms with Gasteiger partial charge in [0.1, 0.15) is 0 Å². The van der Waals surface area contributed by atoms with E-state index in [1.54, 1.807) is 0 Å². The molecule has 1 aromatic carbocycles. The van der Waals surface area contributed by atoms with Gasteiger partial charge in [-0.2, -0.15) is 0 Å².